The summed E-state index contributed by atoms with van der Waals surface area (Å²) in [5.41, 5.74) is 18.7. The van der Waals surface area contributed by atoms with Crippen molar-refractivity contribution in [2.75, 3.05) is 0 Å². The van der Waals surface area contributed by atoms with Crippen LogP contribution in [-0.4, -0.2) is 4.57 Å². The second-order valence-electron chi connectivity index (χ2n) is 16.5. The lowest BCUT2D eigenvalue weighted by Gasteiger charge is -2.22. The van der Waals surface area contributed by atoms with E-state index in [1.54, 1.807) is 0 Å². The molecule has 2 aromatic heterocycles. The molecule has 0 radical (unpaired) electrons. The minimum Gasteiger partial charge on any atom is -0.309 e. The first-order valence-corrected chi connectivity index (χ1v) is 21.3. The van der Waals surface area contributed by atoms with E-state index in [1.165, 1.54) is 109 Å². The summed E-state index contributed by atoms with van der Waals surface area (Å²) >= 11 is 1.89. The summed E-state index contributed by atoms with van der Waals surface area (Å²) in [5.74, 6) is 0. The van der Waals surface area contributed by atoms with Gasteiger partial charge in [-0.1, -0.05) is 147 Å². The zero-order valence-corrected chi connectivity index (χ0v) is 33.7. The summed E-state index contributed by atoms with van der Waals surface area (Å²) in [6.45, 7) is 4.74. The van der Waals surface area contributed by atoms with Crippen LogP contribution in [0.5, 0.6) is 0 Å². The summed E-state index contributed by atoms with van der Waals surface area (Å²) in [5, 5.41) is 5.13. The number of hydrogen-bond acceptors (Lipinski definition) is 1. The van der Waals surface area contributed by atoms with Gasteiger partial charge < -0.3 is 4.57 Å². The molecule has 0 bridgehead atoms. The second kappa shape index (κ2) is 13.0. The maximum Gasteiger partial charge on any atom is 0.0547 e. The van der Waals surface area contributed by atoms with E-state index >= 15 is 0 Å². The molecule has 2 heteroatoms. The molecule has 0 atom stereocenters. The third-order valence-corrected chi connectivity index (χ3v) is 14.0. The summed E-state index contributed by atoms with van der Waals surface area (Å²) in [6.07, 6.45) is 0. The molecule has 0 saturated carbocycles. The van der Waals surface area contributed by atoms with Crippen LogP contribution in [0.25, 0.3) is 103 Å². The van der Waals surface area contributed by atoms with Gasteiger partial charge in [-0.25, -0.2) is 0 Å². The predicted octanol–water partition coefficient (Wildman–Crippen LogP) is 16.1. The quantitative estimate of drug-likeness (QED) is 0.164. The number of thiophene rings is 1. The fraction of sp³-hybridized carbons (Fsp3) is 0.0526. The molecule has 11 aromatic rings. The number of rotatable bonds is 5. The van der Waals surface area contributed by atoms with Crippen LogP contribution in [0.15, 0.2) is 200 Å². The maximum atomic E-state index is 2.46. The number of nitrogens with zero attached hydrogens (tertiary/aromatic N) is 1. The van der Waals surface area contributed by atoms with Crippen molar-refractivity contribution in [3.05, 3.63) is 211 Å². The molecule has 278 valence electrons. The average molecular weight is 770 g/mol. The van der Waals surface area contributed by atoms with Crippen molar-refractivity contribution >= 4 is 53.3 Å². The normalized spacial score (nSPS) is 13.1. The SMILES string of the molecule is CC1(C)c2ccccc2-c2ccc(-c3cc(-c4cc(-c5ccccc5)c5sc6ccccc6c5c4)cc(-c4ccc5c6ccccc6n(-c6ccccc6)c5c4)c3)cc21. The van der Waals surface area contributed by atoms with E-state index in [4.69, 9.17) is 0 Å². The third kappa shape index (κ3) is 5.30. The van der Waals surface area contributed by atoms with E-state index < -0.39 is 0 Å². The van der Waals surface area contributed by atoms with Gasteiger partial charge in [-0.05, 0) is 128 Å². The highest BCUT2D eigenvalue weighted by molar-refractivity contribution is 7.26. The molecule has 1 nitrogen and oxygen atoms in total. The van der Waals surface area contributed by atoms with Crippen molar-refractivity contribution in [3.63, 3.8) is 0 Å². The lowest BCUT2D eigenvalue weighted by Crippen LogP contribution is -2.14. The highest BCUT2D eigenvalue weighted by atomic mass is 32.1. The summed E-state index contributed by atoms with van der Waals surface area (Å²) in [4.78, 5) is 0. The number of fused-ring (bicyclic) bond motifs is 9. The van der Waals surface area contributed by atoms with Gasteiger partial charge in [0.2, 0.25) is 0 Å². The van der Waals surface area contributed by atoms with Crippen molar-refractivity contribution in [3.8, 4) is 61.3 Å². The van der Waals surface area contributed by atoms with Crippen LogP contribution in [0.1, 0.15) is 25.0 Å². The van der Waals surface area contributed by atoms with Crippen LogP contribution in [0.2, 0.25) is 0 Å². The molecular formula is C57H39NS. The van der Waals surface area contributed by atoms with Gasteiger partial charge in [-0.15, -0.1) is 11.3 Å². The molecule has 0 amide bonds. The van der Waals surface area contributed by atoms with Gasteiger partial charge in [0.15, 0.2) is 0 Å². The number of benzene rings is 9. The van der Waals surface area contributed by atoms with Crippen LogP contribution in [0, 0.1) is 0 Å². The summed E-state index contributed by atoms with van der Waals surface area (Å²) < 4.78 is 5.06. The van der Waals surface area contributed by atoms with E-state index in [2.05, 4.69) is 219 Å². The molecule has 0 fully saturated rings. The van der Waals surface area contributed by atoms with E-state index in [9.17, 15) is 0 Å². The summed E-state index contributed by atoms with van der Waals surface area (Å²) in [7, 11) is 0. The minimum atomic E-state index is -0.0894. The minimum absolute atomic E-state index is 0.0894. The molecule has 0 saturated heterocycles. The van der Waals surface area contributed by atoms with Crippen molar-refractivity contribution in [2.24, 2.45) is 0 Å². The fourth-order valence-corrected chi connectivity index (χ4v) is 11.1. The molecule has 0 unspecified atom stereocenters. The first-order chi connectivity index (χ1) is 29.0. The Morgan fingerprint density at radius 1 is 0.356 bits per heavy atom. The molecule has 0 spiro atoms. The monoisotopic (exact) mass is 769 g/mol. The van der Waals surface area contributed by atoms with Crippen LogP contribution >= 0.6 is 11.3 Å². The summed E-state index contributed by atoms with van der Waals surface area (Å²) in [6, 6.07) is 74.5. The van der Waals surface area contributed by atoms with Crippen molar-refractivity contribution in [1.29, 1.82) is 0 Å². The molecule has 9 aromatic carbocycles. The van der Waals surface area contributed by atoms with Gasteiger partial charge in [-0.2, -0.15) is 0 Å². The maximum absolute atomic E-state index is 2.46. The Bertz CT molecular complexity index is 3460. The molecule has 1 aliphatic rings. The topological polar surface area (TPSA) is 4.93 Å². The van der Waals surface area contributed by atoms with Crippen molar-refractivity contribution < 1.29 is 0 Å². The van der Waals surface area contributed by atoms with Crippen molar-refractivity contribution in [2.45, 2.75) is 19.3 Å². The van der Waals surface area contributed by atoms with E-state index in [1.807, 2.05) is 11.3 Å². The fourth-order valence-electron chi connectivity index (χ4n) is 9.84. The van der Waals surface area contributed by atoms with E-state index in [0.717, 1.165) is 5.69 Å². The molecular weight excluding hydrogens is 731 g/mol. The van der Waals surface area contributed by atoms with Crippen LogP contribution in [0.4, 0.5) is 0 Å². The predicted molar refractivity (Wildman–Crippen MR) is 253 cm³/mol. The van der Waals surface area contributed by atoms with Gasteiger partial charge in [0, 0.05) is 47.6 Å². The van der Waals surface area contributed by atoms with E-state index in [-0.39, 0.29) is 5.41 Å². The molecule has 0 N–H and O–H groups in total. The van der Waals surface area contributed by atoms with Crippen LogP contribution in [0.3, 0.4) is 0 Å². The Morgan fingerprint density at radius 2 is 0.949 bits per heavy atom. The first kappa shape index (κ1) is 34.1. The molecule has 1 aliphatic carbocycles. The average Bonchev–Trinajstić information content (AvgIpc) is 3.91. The Morgan fingerprint density at radius 3 is 1.76 bits per heavy atom. The highest BCUT2D eigenvalue weighted by Gasteiger charge is 2.35. The van der Waals surface area contributed by atoms with Crippen molar-refractivity contribution in [1.82, 2.24) is 4.57 Å². The van der Waals surface area contributed by atoms with Gasteiger partial charge >= 0.3 is 0 Å². The van der Waals surface area contributed by atoms with Crippen LogP contribution in [-0.2, 0) is 5.41 Å². The Kier molecular flexibility index (Phi) is 7.51. The van der Waals surface area contributed by atoms with Gasteiger partial charge in [-0.3, -0.25) is 0 Å². The van der Waals surface area contributed by atoms with Gasteiger partial charge in [0.05, 0.1) is 11.0 Å². The van der Waals surface area contributed by atoms with Gasteiger partial charge in [0.25, 0.3) is 0 Å². The molecule has 59 heavy (non-hydrogen) atoms. The molecule has 0 aliphatic heterocycles. The second-order valence-corrected chi connectivity index (χ2v) is 17.6. The van der Waals surface area contributed by atoms with Gasteiger partial charge in [0.1, 0.15) is 0 Å². The molecule has 2 heterocycles. The number of para-hydroxylation sites is 2. The third-order valence-electron chi connectivity index (χ3n) is 12.8. The Hall–Kier alpha value is -7.00. The molecule has 12 rings (SSSR count). The first-order valence-electron chi connectivity index (χ1n) is 20.5. The zero-order chi connectivity index (χ0) is 39.2. The Balaban J connectivity index is 1.12. The Labute approximate surface area is 348 Å². The van der Waals surface area contributed by atoms with E-state index in [0.29, 0.717) is 0 Å². The highest BCUT2D eigenvalue weighted by Crippen LogP contribution is 2.50. The lowest BCUT2D eigenvalue weighted by molar-refractivity contribution is 0.660. The lowest BCUT2D eigenvalue weighted by atomic mass is 9.81. The number of hydrogen-bond donors (Lipinski definition) is 0. The smallest absolute Gasteiger partial charge is 0.0547 e. The largest absolute Gasteiger partial charge is 0.309 e. The zero-order valence-electron chi connectivity index (χ0n) is 32.9. The standard InChI is InChI=1S/C57H39NS/c1-57(2)51-22-12-9-19-44(51)45-27-25-37(34-52(45)57)39-29-40(38-26-28-47-46-20-10-13-23-53(46)58(54(47)35-38)43-17-7-4-8-18-43)31-41(30-39)42-32-49(36-15-5-3-6-16-36)56-50(33-42)48-21-11-14-24-55(48)59-56/h3-35H,1-2H3. The number of aromatic nitrogens is 1. The van der Waals surface area contributed by atoms with Crippen LogP contribution < -0.4 is 0 Å².